The molecule has 4 rings (SSSR count). The fraction of sp³-hybridized carbons (Fsp3) is 0.150. The minimum Gasteiger partial charge on any atom is -0.493 e. The van der Waals surface area contributed by atoms with Gasteiger partial charge in [-0.05, 0) is 36.4 Å². The lowest BCUT2D eigenvalue weighted by Crippen LogP contribution is -2.08. The van der Waals surface area contributed by atoms with Crippen LogP contribution < -0.4 is 0 Å². The number of carbonyl (C=O) groups excluding carboxylic acids is 1. The fourth-order valence-electron chi connectivity index (χ4n) is 2.97. The molecule has 6 nitrogen and oxygen atoms in total. The van der Waals surface area contributed by atoms with Crippen LogP contribution in [0, 0.1) is 6.92 Å². The van der Waals surface area contributed by atoms with E-state index in [2.05, 4.69) is 33.7 Å². The van der Waals surface area contributed by atoms with Crippen molar-refractivity contribution in [1.82, 2.24) is 14.6 Å². The van der Waals surface area contributed by atoms with Crippen molar-refractivity contribution in [1.29, 1.82) is 0 Å². The van der Waals surface area contributed by atoms with E-state index in [1.54, 1.807) is 18.3 Å². The summed E-state index contributed by atoms with van der Waals surface area (Å²) in [5, 5.41) is 16.9. The highest BCUT2D eigenvalue weighted by Crippen LogP contribution is 2.37. The molecule has 1 aromatic carbocycles. The molecule has 0 aliphatic rings. The van der Waals surface area contributed by atoms with Gasteiger partial charge in [-0.25, -0.2) is 9.78 Å². The fourth-order valence-corrected chi connectivity index (χ4v) is 3.98. The molecule has 7 heteroatoms. The summed E-state index contributed by atoms with van der Waals surface area (Å²) in [6.07, 6.45) is 1.33. The summed E-state index contributed by atoms with van der Waals surface area (Å²) in [7, 11) is 0. The molecule has 27 heavy (non-hydrogen) atoms. The van der Waals surface area contributed by atoms with Crippen molar-refractivity contribution in [3.63, 3.8) is 0 Å². The van der Waals surface area contributed by atoms with E-state index in [1.165, 1.54) is 10.7 Å². The first-order valence-corrected chi connectivity index (χ1v) is 9.37. The summed E-state index contributed by atoms with van der Waals surface area (Å²) >= 11 is 1.59. The normalized spacial score (nSPS) is 11.0. The maximum absolute atomic E-state index is 12.0. The number of benzene rings is 1. The van der Waals surface area contributed by atoms with Crippen molar-refractivity contribution < 1.29 is 14.6 Å². The predicted molar refractivity (Wildman–Crippen MR) is 104 cm³/mol. The predicted octanol–water partition coefficient (Wildman–Crippen LogP) is 4.32. The van der Waals surface area contributed by atoms with Gasteiger partial charge in [0.1, 0.15) is 5.56 Å². The summed E-state index contributed by atoms with van der Waals surface area (Å²) in [5.74, 6) is -0.894. The van der Waals surface area contributed by atoms with Gasteiger partial charge in [-0.1, -0.05) is 30.3 Å². The summed E-state index contributed by atoms with van der Waals surface area (Å²) < 4.78 is 6.24. The Bertz CT molecular complexity index is 1130. The smallest absolute Gasteiger partial charge is 0.345 e. The molecule has 3 heterocycles. The first-order chi connectivity index (χ1) is 13.1. The minimum absolute atomic E-state index is 0.00504. The van der Waals surface area contributed by atoms with Gasteiger partial charge in [0.05, 0.1) is 17.9 Å². The Labute approximate surface area is 159 Å². The molecule has 1 N–H and O–H groups in total. The van der Waals surface area contributed by atoms with Gasteiger partial charge in [-0.3, -0.25) is 0 Å². The number of carbonyl (C=O) groups is 1. The van der Waals surface area contributed by atoms with E-state index in [0.717, 1.165) is 27.3 Å². The number of hydrogen-bond donors (Lipinski definition) is 1. The SMILES string of the molecule is CCOC(=O)c1cnc2c(-c3cc(-c4ccccc4)cs3)c(C)nn2c1O. The van der Waals surface area contributed by atoms with Crippen LogP contribution in [0.3, 0.4) is 0 Å². The third kappa shape index (κ3) is 2.96. The molecule has 0 amide bonds. The highest BCUT2D eigenvalue weighted by Gasteiger charge is 2.22. The number of aromatic nitrogens is 3. The van der Waals surface area contributed by atoms with E-state index in [1.807, 2.05) is 25.1 Å². The van der Waals surface area contributed by atoms with Crippen molar-refractivity contribution in [2.24, 2.45) is 0 Å². The number of aromatic hydroxyl groups is 1. The topological polar surface area (TPSA) is 76.7 Å². The minimum atomic E-state index is -0.624. The summed E-state index contributed by atoms with van der Waals surface area (Å²) in [6, 6.07) is 12.2. The lowest BCUT2D eigenvalue weighted by molar-refractivity contribution is 0.0521. The Hall–Kier alpha value is -3.19. The number of nitrogens with zero attached hydrogens (tertiary/aromatic N) is 3. The van der Waals surface area contributed by atoms with E-state index in [4.69, 9.17) is 4.74 Å². The van der Waals surface area contributed by atoms with E-state index in [9.17, 15) is 9.90 Å². The average molecular weight is 379 g/mol. The van der Waals surface area contributed by atoms with Crippen LogP contribution in [0.2, 0.25) is 0 Å². The summed E-state index contributed by atoms with van der Waals surface area (Å²) in [5.41, 5.74) is 4.30. The van der Waals surface area contributed by atoms with Crippen LogP contribution in [0.15, 0.2) is 48.0 Å². The number of hydrogen-bond acceptors (Lipinski definition) is 6. The molecule has 0 fully saturated rings. The number of ether oxygens (including phenoxy) is 1. The van der Waals surface area contributed by atoms with Crippen LogP contribution in [-0.4, -0.2) is 32.3 Å². The molecule has 0 bridgehead atoms. The van der Waals surface area contributed by atoms with Crippen LogP contribution in [0.4, 0.5) is 0 Å². The largest absolute Gasteiger partial charge is 0.493 e. The second-order valence-electron chi connectivity index (χ2n) is 5.98. The molecule has 3 aromatic heterocycles. The molecular formula is C20H17N3O3S. The molecule has 0 radical (unpaired) electrons. The molecule has 136 valence electrons. The third-order valence-electron chi connectivity index (χ3n) is 4.24. The van der Waals surface area contributed by atoms with Gasteiger partial charge in [-0.2, -0.15) is 9.61 Å². The van der Waals surface area contributed by atoms with E-state index in [0.29, 0.717) is 5.65 Å². The van der Waals surface area contributed by atoms with Crippen LogP contribution >= 0.6 is 11.3 Å². The van der Waals surface area contributed by atoms with Crippen LogP contribution in [0.5, 0.6) is 5.88 Å². The molecule has 0 unspecified atom stereocenters. The van der Waals surface area contributed by atoms with E-state index >= 15 is 0 Å². The Kier molecular flexibility index (Phi) is 4.37. The van der Waals surface area contributed by atoms with Crippen molar-refractivity contribution >= 4 is 23.0 Å². The lowest BCUT2D eigenvalue weighted by atomic mass is 10.1. The highest BCUT2D eigenvalue weighted by atomic mass is 32.1. The zero-order chi connectivity index (χ0) is 19.0. The molecule has 0 aliphatic heterocycles. The molecular weight excluding hydrogens is 362 g/mol. The van der Waals surface area contributed by atoms with Gasteiger partial charge in [0.15, 0.2) is 5.65 Å². The summed E-state index contributed by atoms with van der Waals surface area (Å²) in [6.45, 7) is 3.78. The monoisotopic (exact) mass is 379 g/mol. The average Bonchev–Trinajstić information content (AvgIpc) is 3.27. The Morgan fingerprint density at radius 1 is 1.26 bits per heavy atom. The molecule has 4 aromatic rings. The van der Waals surface area contributed by atoms with Gasteiger partial charge in [0, 0.05) is 11.1 Å². The van der Waals surface area contributed by atoms with Gasteiger partial charge in [0.2, 0.25) is 5.88 Å². The van der Waals surface area contributed by atoms with Gasteiger partial charge >= 0.3 is 5.97 Å². The Balaban J connectivity index is 1.82. The zero-order valence-corrected chi connectivity index (χ0v) is 15.7. The summed E-state index contributed by atoms with van der Waals surface area (Å²) in [4.78, 5) is 17.3. The number of esters is 1. The van der Waals surface area contributed by atoms with Crippen molar-refractivity contribution in [3.05, 3.63) is 59.2 Å². The van der Waals surface area contributed by atoms with Crippen molar-refractivity contribution in [2.45, 2.75) is 13.8 Å². The van der Waals surface area contributed by atoms with Crippen LogP contribution in [0.1, 0.15) is 23.0 Å². The lowest BCUT2D eigenvalue weighted by Gasteiger charge is -2.05. The number of aryl methyl sites for hydroxylation is 1. The maximum atomic E-state index is 12.0. The van der Waals surface area contributed by atoms with Crippen molar-refractivity contribution in [3.8, 4) is 27.4 Å². The van der Waals surface area contributed by atoms with Crippen LogP contribution in [0.25, 0.3) is 27.2 Å². The molecule has 0 atom stereocenters. The first kappa shape index (κ1) is 17.2. The third-order valence-corrected chi connectivity index (χ3v) is 5.19. The van der Waals surface area contributed by atoms with Crippen molar-refractivity contribution in [2.75, 3.05) is 6.61 Å². The quantitative estimate of drug-likeness (QED) is 0.535. The maximum Gasteiger partial charge on any atom is 0.345 e. The number of fused-ring (bicyclic) bond motifs is 1. The van der Waals surface area contributed by atoms with E-state index < -0.39 is 5.97 Å². The Morgan fingerprint density at radius 2 is 2.04 bits per heavy atom. The highest BCUT2D eigenvalue weighted by molar-refractivity contribution is 7.14. The number of rotatable bonds is 4. The Morgan fingerprint density at radius 3 is 2.78 bits per heavy atom. The van der Waals surface area contributed by atoms with Gasteiger partial charge in [0.25, 0.3) is 0 Å². The second-order valence-corrected chi connectivity index (χ2v) is 6.89. The first-order valence-electron chi connectivity index (χ1n) is 8.49. The molecule has 0 aliphatic carbocycles. The molecule has 0 spiro atoms. The second kappa shape index (κ2) is 6.85. The standard InChI is InChI=1S/C20H17N3O3S/c1-3-26-20(25)15-10-21-18-17(12(2)22-23(18)19(15)24)16-9-14(11-27-16)13-7-5-4-6-8-13/h4-11,24H,3H2,1-2H3. The molecule has 0 saturated heterocycles. The zero-order valence-electron chi connectivity index (χ0n) is 14.8. The number of thiophene rings is 1. The van der Waals surface area contributed by atoms with Gasteiger partial charge < -0.3 is 9.84 Å². The van der Waals surface area contributed by atoms with Crippen LogP contribution in [-0.2, 0) is 4.74 Å². The van der Waals surface area contributed by atoms with E-state index in [-0.39, 0.29) is 18.1 Å². The van der Waals surface area contributed by atoms with Gasteiger partial charge in [-0.15, -0.1) is 11.3 Å². The molecule has 0 saturated carbocycles.